The lowest BCUT2D eigenvalue weighted by atomic mass is 10.0. The van der Waals surface area contributed by atoms with Gasteiger partial charge in [0.25, 0.3) is 0 Å². The molecular weight excluding hydrogens is 354 g/mol. The predicted octanol–water partition coefficient (Wildman–Crippen LogP) is 1.40. The normalized spacial score (nSPS) is 20.4. The van der Waals surface area contributed by atoms with E-state index in [-0.39, 0.29) is 0 Å². The Labute approximate surface area is 172 Å². The van der Waals surface area contributed by atoms with Crippen molar-refractivity contribution in [1.29, 1.82) is 0 Å². The van der Waals surface area contributed by atoms with E-state index in [0.717, 1.165) is 71.3 Å². The summed E-state index contributed by atoms with van der Waals surface area (Å²) >= 11 is 0. The maximum atomic E-state index is 5.82. The first kappa shape index (κ1) is 23.4. The lowest BCUT2D eigenvalue weighted by Gasteiger charge is -2.32. The van der Waals surface area contributed by atoms with E-state index < -0.39 is 0 Å². The van der Waals surface area contributed by atoms with Gasteiger partial charge >= 0.3 is 0 Å². The van der Waals surface area contributed by atoms with Crippen LogP contribution in [-0.4, -0.2) is 102 Å². The number of guanidine groups is 1. The molecule has 7 heteroatoms. The van der Waals surface area contributed by atoms with Crippen molar-refractivity contribution in [3.05, 3.63) is 0 Å². The quantitative estimate of drug-likeness (QED) is 0.295. The van der Waals surface area contributed by atoms with Crippen LogP contribution < -0.4 is 10.6 Å². The predicted molar refractivity (Wildman–Crippen MR) is 116 cm³/mol. The Morgan fingerprint density at radius 1 is 1.07 bits per heavy atom. The Hall–Kier alpha value is -0.890. The number of aliphatic imine (C=N–C) groups is 1. The van der Waals surface area contributed by atoms with Gasteiger partial charge in [0.1, 0.15) is 0 Å². The Morgan fingerprint density at radius 2 is 1.86 bits per heavy atom. The van der Waals surface area contributed by atoms with Crippen LogP contribution in [-0.2, 0) is 9.47 Å². The van der Waals surface area contributed by atoms with Crippen LogP contribution in [0.3, 0.4) is 0 Å². The smallest absolute Gasteiger partial charge is 0.191 e. The number of piperazine rings is 1. The van der Waals surface area contributed by atoms with Gasteiger partial charge in [-0.25, -0.2) is 0 Å². The second kappa shape index (κ2) is 15.0. The van der Waals surface area contributed by atoms with Crippen LogP contribution in [0.15, 0.2) is 4.99 Å². The van der Waals surface area contributed by atoms with E-state index in [4.69, 9.17) is 9.47 Å². The first-order chi connectivity index (χ1) is 13.8. The van der Waals surface area contributed by atoms with Crippen LogP contribution >= 0.6 is 0 Å². The highest BCUT2D eigenvalue weighted by atomic mass is 16.5. The highest BCUT2D eigenvalue weighted by Gasteiger charge is 2.14. The van der Waals surface area contributed by atoms with E-state index in [2.05, 4.69) is 39.4 Å². The Balaban J connectivity index is 1.47. The van der Waals surface area contributed by atoms with Gasteiger partial charge in [0.15, 0.2) is 5.96 Å². The highest BCUT2D eigenvalue weighted by molar-refractivity contribution is 5.79. The summed E-state index contributed by atoms with van der Waals surface area (Å²) in [6.45, 7) is 14.3. The molecule has 0 bridgehead atoms. The van der Waals surface area contributed by atoms with Crippen molar-refractivity contribution in [2.45, 2.75) is 39.0 Å². The number of unbranched alkanes of at least 4 members (excludes halogenated alkanes) is 1. The average molecular weight is 398 g/mol. The molecule has 0 aromatic heterocycles. The molecule has 2 fully saturated rings. The van der Waals surface area contributed by atoms with Gasteiger partial charge in [-0.05, 0) is 58.5 Å². The number of ether oxygens (including phenoxy) is 2. The number of rotatable bonds is 12. The molecule has 164 valence electrons. The van der Waals surface area contributed by atoms with Gasteiger partial charge in [-0.15, -0.1) is 0 Å². The number of hydrogen-bond donors (Lipinski definition) is 2. The molecule has 28 heavy (non-hydrogen) atoms. The summed E-state index contributed by atoms with van der Waals surface area (Å²) in [7, 11) is 2.21. The molecule has 0 atom stereocenters. The SMILES string of the molecule is CCNC(=NCCCOCC1CCOCC1)NCCCCN1CCN(C)CC1. The monoisotopic (exact) mass is 397 g/mol. The van der Waals surface area contributed by atoms with Gasteiger partial charge in [-0.1, -0.05) is 0 Å². The second-order valence-electron chi connectivity index (χ2n) is 8.02. The van der Waals surface area contributed by atoms with Gasteiger partial charge in [0, 0.05) is 72.2 Å². The van der Waals surface area contributed by atoms with Crippen molar-refractivity contribution in [2.75, 3.05) is 85.8 Å². The molecule has 2 aliphatic heterocycles. The zero-order valence-corrected chi connectivity index (χ0v) is 18.3. The molecule has 0 aromatic carbocycles. The third kappa shape index (κ3) is 10.6. The fourth-order valence-electron chi connectivity index (χ4n) is 3.60. The van der Waals surface area contributed by atoms with Crippen LogP contribution in [0.25, 0.3) is 0 Å². The third-order valence-electron chi connectivity index (χ3n) is 5.54. The van der Waals surface area contributed by atoms with E-state index in [1.54, 1.807) is 0 Å². The molecule has 0 saturated carbocycles. The van der Waals surface area contributed by atoms with Crippen molar-refractivity contribution in [1.82, 2.24) is 20.4 Å². The fourth-order valence-corrected chi connectivity index (χ4v) is 3.60. The zero-order chi connectivity index (χ0) is 19.9. The van der Waals surface area contributed by atoms with E-state index in [1.807, 2.05) is 0 Å². The van der Waals surface area contributed by atoms with Crippen molar-refractivity contribution >= 4 is 5.96 Å². The van der Waals surface area contributed by atoms with Crippen molar-refractivity contribution in [3.8, 4) is 0 Å². The first-order valence-electron chi connectivity index (χ1n) is 11.4. The summed E-state index contributed by atoms with van der Waals surface area (Å²) in [5.41, 5.74) is 0. The van der Waals surface area contributed by atoms with Crippen LogP contribution in [0.5, 0.6) is 0 Å². The molecule has 0 amide bonds. The fraction of sp³-hybridized carbons (Fsp3) is 0.952. The van der Waals surface area contributed by atoms with E-state index in [0.29, 0.717) is 5.92 Å². The van der Waals surface area contributed by atoms with Crippen molar-refractivity contribution in [3.63, 3.8) is 0 Å². The van der Waals surface area contributed by atoms with E-state index >= 15 is 0 Å². The molecule has 2 saturated heterocycles. The van der Waals surface area contributed by atoms with Gasteiger partial charge in [0.05, 0.1) is 0 Å². The summed E-state index contributed by atoms with van der Waals surface area (Å²) in [5.74, 6) is 1.62. The van der Waals surface area contributed by atoms with E-state index in [9.17, 15) is 0 Å². The number of nitrogens with one attached hydrogen (secondary N) is 2. The summed E-state index contributed by atoms with van der Waals surface area (Å²) in [6.07, 6.45) is 5.69. The second-order valence-corrected chi connectivity index (χ2v) is 8.02. The molecule has 2 rings (SSSR count). The van der Waals surface area contributed by atoms with Crippen molar-refractivity contribution in [2.24, 2.45) is 10.9 Å². The molecule has 2 aliphatic rings. The molecule has 0 unspecified atom stereocenters. The molecular formula is C21H43N5O2. The summed E-state index contributed by atoms with van der Waals surface area (Å²) in [4.78, 5) is 9.67. The summed E-state index contributed by atoms with van der Waals surface area (Å²) in [5, 5.41) is 6.80. The Kier molecular flexibility index (Phi) is 12.5. The van der Waals surface area contributed by atoms with Crippen LogP contribution in [0.1, 0.15) is 39.0 Å². The minimum atomic E-state index is 0.682. The maximum absolute atomic E-state index is 5.82. The van der Waals surface area contributed by atoms with Crippen LogP contribution in [0, 0.1) is 5.92 Å². The molecule has 2 N–H and O–H groups in total. The van der Waals surface area contributed by atoms with Crippen LogP contribution in [0.2, 0.25) is 0 Å². The maximum Gasteiger partial charge on any atom is 0.191 e. The standard InChI is InChI=1S/C21H43N5O2/c1-3-22-21(23-9-4-5-11-26-14-12-25(2)13-15-26)24-10-6-16-28-19-20-7-17-27-18-8-20/h20H,3-19H2,1-2H3,(H2,22,23,24). The molecule has 2 heterocycles. The van der Waals surface area contributed by atoms with Crippen molar-refractivity contribution < 1.29 is 9.47 Å². The van der Waals surface area contributed by atoms with Crippen LogP contribution in [0.4, 0.5) is 0 Å². The molecule has 0 radical (unpaired) electrons. The summed E-state index contributed by atoms with van der Waals surface area (Å²) < 4.78 is 11.2. The number of hydrogen-bond acceptors (Lipinski definition) is 5. The minimum Gasteiger partial charge on any atom is -0.381 e. The third-order valence-corrected chi connectivity index (χ3v) is 5.54. The lowest BCUT2D eigenvalue weighted by molar-refractivity contribution is 0.0205. The number of likely N-dealkylation sites (N-methyl/N-ethyl adjacent to an activating group) is 1. The van der Waals surface area contributed by atoms with Gasteiger partial charge < -0.3 is 29.9 Å². The highest BCUT2D eigenvalue weighted by Crippen LogP contribution is 2.14. The molecule has 0 aromatic rings. The Morgan fingerprint density at radius 3 is 2.61 bits per heavy atom. The minimum absolute atomic E-state index is 0.682. The topological polar surface area (TPSA) is 61.4 Å². The number of nitrogens with zero attached hydrogens (tertiary/aromatic N) is 3. The molecule has 0 aliphatic carbocycles. The van der Waals surface area contributed by atoms with Gasteiger partial charge in [-0.2, -0.15) is 0 Å². The van der Waals surface area contributed by atoms with Gasteiger partial charge in [-0.3, -0.25) is 4.99 Å². The summed E-state index contributed by atoms with van der Waals surface area (Å²) in [6, 6.07) is 0. The zero-order valence-electron chi connectivity index (χ0n) is 18.3. The first-order valence-corrected chi connectivity index (χ1v) is 11.4. The van der Waals surface area contributed by atoms with E-state index in [1.165, 1.54) is 45.6 Å². The largest absolute Gasteiger partial charge is 0.381 e. The lowest BCUT2D eigenvalue weighted by Crippen LogP contribution is -2.44. The molecule has 7 nitrogen and oxygen atoms in total. The Bertz CT molecular complexity index is 408. The molecule has 0 spiro atoms. The average Bonchev–Trinajstić information content (AvgIpc) is 2.72. The van der Waals surface area contributed by atoms with Gasteiger partial charge in [0.2, 0.25) is 0 Å².